The zero-order valence-corrected chi connectivity index (χ0v) is 26.1. The van der Waals surface area contributed by atoms with Crippen LogP contribution in [-0.4, -0.2) is 45.2 Å². The van der Waals surface area contributed by atoms with E-state index in [-0.39, 0.29) is 24.0 Å². The Bertz CT molecular complexity index is 1810. The van der Waals surface area contributed by atoms with Crippen molar-refractivity contribution in [3.05, 3.63) is 106 Å². The normalized spacial score (nSPS) is 28.6. The van der Waals surface area contributed by atoms with Crippen molar-refractivity contribution >= 4 is 40.9 Å². The molecule has 2 N–H and O–H groups in total. The van der Waals surface area contributed by atoms with Gasteiger partial charge in [-0.2, -0.15) is 5.01 Å². The van der Waals surface area contributed by atoms with Gasteiger partial charge in [0.05, 0.1) is 28.9 Å². The van der Waals surface area contributed by atoms with Gasteiger partial charge in [-0.05, 0) is 91.3 Å². The lowest BCUT2D eigenvalue weighted by atomic mass is 9.49. The van der Waals surface area contributed by atoms with Crippen molar-refractivity contribution in [2.75, 3.05) is 12.0 Å². The number of likely N-dealkylation sites (tertiary alicyclic amines) is 1. The number of halogens is 2. The van der Waals surface area contributed by atoms with E-state index >= 15 is 4.79 Å². The van der Waals surface area contributed by atoms with Crippen LogP contribution in [0.15, 0.2) is 78.4 Å². The summed E-state index contributed by atoms with van der Waals surface area (Å²) in [4.78, 5) is 58.4. The second-order valence-corrected chi connectivity index (χ2v) is 13.2. The van der Waals surface area contributed by atoms with Crippen LogP contribution < -0.4 is 5.43 Å². The SMILES string of the molecule is CCCN1C(=O)[C@H]2[C@H](CC=C3[C@H]2C[C@H]2C(=O)N(Nc4ccc(F)cc4)C(=O)[C@@]2(c2ccc(Cl)cc2)[C@H]3c2ccc(O)c(C)c2)C1=O. The number of hydrazine groups is 1. The van der Waals surface area contributed by atoms with Crippen molar-refractivity contribution in [2.45, 2.75) is 44.4 Å². The summed E-state index contributed by atoms with van der Waals surface area (Å²) in [7, 11) is 0. The van der Waals surface area contributed by atoms with Crippen molar-refractivity contribution in [1.29, 1.82) is 0 Å². The van der Waals surface area contributed by atoms with E-state index in [1.165, 1.54) is 29.2 Å². The van der Waals surface area contributed by atoms with Crippen LogP contribution >= 0.6 is 11.6 Å². The molecule has 46 heavy (non-hydrogen) atoms. The van der Waals surface area contributed by atoms with Crippen molar-refractivity contribution in [3.8, 4) is 5.75 Å². The van der Waals surface area contributed by atoms with Gasteiger partial charge in [-0.3, -0.25) is 29.5 Å². The number of aromatic hydroxyl groups is 1. The summed E-state index contributed by atoms with van der Waals surface area (Å²) >= 11 is 6.32. The predicted octanol–water partition coefficient (Wildman–Crippen LogP) is 5.89. The number of rotatable bonds is 6. The molecule has 10 heteroatoms. The van der Waals surface area contributed by atoms with E-state index in [0.29, 0.717) is 46.8 Å². The first kappa shape index (κ1) is 30.2. The highest BCUT2D eigenvalue weighted by molar-refractivity contribution is 6.30. The molecule has 3 aromatic rings. The highest BCUT2D eigenvalue weighted by atomic mass is 35.5. The number of phenols is 1. The number of nitrogens with zero attached hydrogens (tertiary/aromatic N) is 2. The van der Waals surface area contributed by atoms with Gasteiger partial charge < -0.3 is 5.11 Å². The lowest BCUT2D eigenvalue weighted by Crippen LogP contribution is -2.53. The van der Waals surface area contributed by atoms with E-state index in [9.17, 15) is 23.9 Å². The molecule has 2 heterocycles. The molecule has 0 aromatic heterocycles. The molecule has 3 aromatic carbocycles. The summed E-state index contributed by atoms with van der Waals surface area (Å²) in [6, 6.07) is 17.4. The third kappa shape index (κ3) is 4.31. The van der Waals surface area contributed by atoms with Crippen LogP contribution in [0.2, 0.25) is 5.02 Å². The Balaban J connectivity index is 1.45. The average Bonchev–Trinajstić information content (AvgIpc) is 3.41. The Morgan fingerprint density at radius 3 is 2.35 bits per heavy atom. The molecule has 0 radical (unpaired) electrons. The van der Waals surface area contributed by atoms with Crippen LogP contribution in [0, 0.1) is 36.4 Å². The number of imide groups is 2. The van der Waals surface area contributed by atoms with Crippen LogP contribution in [0.1, 0.15) is 48.8 Å². The molecule has 0 spiro atoms. The van der Waals surface area contributed by atoms with Gasteiger partial charge in [-0.1, -0.05) is 54.4 Å². The summed E-state index contributed by atoms with van der Waals surface area (Å²) in [5, 5.41) is 12.0. The van der Waals surface area contributed by atoms with E-state index in [4.69, 9.17) is 11.6 Å². The molecule has 0 unspecified atom stereocenters. The number of fused-ring (bicyclic) bond motifs is 4. The maximum absolute atomic E-state index is 15.0. The van der Waals surface area contributed by atoms with Crippen LogP contribution in [0.4, 0.5) is 10.1 Å². The number of amides is 4. The third-order valence-corrected chi connectivity index (χ3v) is 10.6. The van der Waals surface area contributed by atoms with Gasteiger partial charge in [0.15, 0.2) is 0 Å². The highest BCUT2D eigenvalue weighted by Crippen LogP contribution is 2.64. The first-order valence-corrected chi connectivity index (χ1v) is 16.0. The molecular formula is C36H33ClFN3O5. The summed E-state index contributed by atoms with van der Waals surface area (Å²) in [5.41, 5.74) is 4.56. The lowest BCUT2D eigenvalue weighted by Gasteiger charge is -2.50. The molecule has 2 aliphatic heterocycles. The van der Waals surface area contributed by atoms with Crippen molar-refractivity contribution in [1.82, 2.24) is 9.91 Å². The average molecular weight is 642 g/mol. The maximum Gasteiger partial charge on any atom is 0.260 e. The molecule has 4 amide bonds. The van der Waals surface area contributed by atoms with Gasteiger partial charge >= 0.3 is 0 Å². The largest absolute Gasteiger partial charge is 0.508 e. The Morgan fingerprint density at radius 2 is 1.67 bits per heavy atom. The minimum atomic E-state index is -1.46. The topological polar surface area (TPSA) is 107 Å². The molecule has 6 atom stereocenters. The molecule has 236 valence electrons. The molecule has 4 aliphatic rings. The number of benzene rings is 3. The zero-order chi connectivity index (χ0) is 32.5. The van der Waals surface area contributed by atoms with E-state index in [1.54, 1.807) is 43.3 Å². The van der Waals surface area contributed by atoms with E-state index < -0.39 is 52.6 Å². The van der Waals surface area contributed by atoms with E-state index in [1.807, 2.05) is 19.1 Å². The first-order valence-electron chi connectivity index (χ1n) is 15.6. The summed E-state index contributed by atoms with van der Waals surface area (Å²) < 4.78 is 13.8. The number of hydrogen-bond acceptors (Lipinski definition) is 6. The zero-order valence-electron chi connectivity index (χ0n) is 25.4. The van der Waals surface area contributed by atoms with Crippen LogP contribution in [0.5, 0.6) is 5.75 Å². The van der Waals surface area contributed by atoms with Gasteiger partial charge in [-0.15, -0.1) is 0 Å². The molecule has 3 fully saturated rings. The Hall–Kier alpha value is -4.50. The third-order valence-electron chi connectivity index (χ3n) is 10.3. The molecule has 2 aliphatic carbocycles. The highest BCUT2D eigenvalue weighted by Gasteiger charge is 2.70. The van der Waals surface area contributed by atoms with Crippen molar-refractivity contribution in [3.63, 3.8) is 0 Å². The van der Waals surface area contributed by atoms with Crippen LogP contribution in [0.25, 0.3) is 0 Å². The number of allylic oxidation sites excluding steroid dienone is 2. The Kier molecular flexibility index (Phi) is 7.27. The number of nitrogens with one attached hydrogen (secondary N) is 1. The van der Waals surface area contributed by atoms with E-state index in [2.05, 4.69) is 5.43 Å². The molecule has 0 bridgehead atoms. The fraction of sp³-hybridized carbons (Fsp3) is 0.333. The number of hydrogen-bond donors (Lipinski definition) is 2. The maximum atomic E-state index is 15.0. The minimum Gasteiger partial charge on any atom is -0.508 e. The quantitative estimate of drug-likeness (QED) is 0.257. The van der Waals surface area contributed by atoms with Gasteiger partial charge in [-0.25, -0.2) is 4.39 Å². The lowest BCUT2D eigenvalue weighted by molar-refractivity contribution is -0.141. The number of carbonyl (C=O) groups is 4. The van der Waals surface area contributed by atoms with Gasteiger partial charge in [0.25, 0.3) is 11.8 Å². The molecular weight excluding hydrogens is 609 g/mol. The van der Waals surface area contributed by atoms with E-state index in [0.717, 1.165) is 10.6 Å². The smallest absolute Gasteiger partial charge is 0.260 e. The Morgan fingerprint density at radius 1 is 0.957 bits per heavy atom. The summed E-state index contributed by atoms with van der Waals surface area (Å²) in [5.74, 6) is -5.04. The van der Waals surface area contributed by atoms with Crippen molar-refractivity contribution < 1.29 is 28.7 Å². The molecule has 7 rings (SSSR count). The van der Waals surface area contributed by atoms with Crippen LogP contribution in [-0.2, 0) is 24.6 Å². The number of carbonyl (C=O) groups excluding carboxylic acids is 4. The second kappa shape index (κ2) is 11.1. The number of anilines is 1. The predicted molar refractivity (Wildman–Crippen MR) is 169 cm³/mol. The number of aryl methyl sites for hydroxylation is 1. The summed E-state index contributed by atoms with van der Waals surface area (Å²) in [6.07, 6.45) is 3.15. The fourth-order valence-corrected chi connectivity index (χ4v) is 8.52. The molecule has 1 saturated carbocycles. The monoisotopic (exact) mass is 641 g/mol. The first-order chi connectivity index (χ1) is 22.1. The second-order valence-electron chi connectivity index (χ2n) is 12.7. The minimum absolute atomic E-state index is 0.0890. The van der Waals surface area contributed by atoms with Crippen molar-refractivity contribution in [2.24, 2.45) is 23.7 Å². The standard InChI is InChI=1S/C36H33ClFN3O5/c1-3-16-40-32(43)26-14-13-25-27(30(26)34(40)45)18-28-33(44)41(39-24-11-9-23(38)10-12-24)35(46)36(28,21-5-7-22(37)8-6-21)31(25)20-4-15-29(42)19(2)17-20/h4-13,15,17,26-28,30-31,39,42H,3,14,16,18H2,1-2H3/t26-,27+,28-,30-,31-,36+/m0/s1. The van der Waals surface area contributed by atoms with Gasteiger partial charge in [0.2, 0.25) is 11.8 Å². The summed E-state index contributed by atoms with van der Waals surface area (Å²) in [6.45, 7) is 4.02. The Labute approximate surface area is 270 Å². The van der Waals surface area contributed by atoms with Gasteiger partial charge in [0.1, 0.15) is 11.6 Å². The van der Waals surface area contributed by atoms with Crippen LogP contribution in [0.3, 0.4) is 0 Å². The fourth-order valence-electron chi connectivity index (χ4n) is 8.40. The van der Waals surface area contributed by atoms with Gasteiger partial charge in [0, 0.05) is 17.5 Å². The number of phenolic OH excluding ortho intramolecular Hbond substituents is 1. The molecule has 2 saturated heterocycles. The molecule has 8 nitrogen and oxygen atoms in total.